The van der Waals surface area contributed by atoms with E-state index in [2.05, 4.69) is 10.0 Å². The van der Waals surface area contributed by atoms with Crippen LogP contribution in [0.5, 0.6) is 0 Å². The second kappa shape index (κ2) is 7.93. The third kappa shape index (κ3) is 3.85. The molecule has 8 nitrogen and oxygen atoms in total. The normalized spacial score (nSPS) is 13.1. The standard InChI is InChI=1S/C23H19N3O5S/c1-14-7-10-16(11-8-14)32(30,31)25-20-6-4-3-5-18(20)21(27)24-15-9-12-17-19(13-15)23(29)26(2)22(17)28/h3-13,25H,1-2H3,(H,24,27). The number of sulfonamides is 1. The number of amides is 3. The first-order valence-electron chi connectivity index (χ1n) is 9.64. The van der Waals surface area contributed by atoms with Gasteiger partial charge in [0, 0.05) is 12.7 Å². The van der Waals surface area contributed by atoms with Gasteiger partial charge in [0.2, 0.25) is 0 Å². The van der Waals surface area contributed by atoms with Gasteiger partial charge in [-0.05, 0) is 49.4 Å². The number of anilines is 2. The Hall–Kier alpha value is -3.98. The Kier molecular flexibility index (Phi) is 5.27. The molecular weight excluding hydrogens is 430 g/mol. The number of rotatable bonds is 5. The molecule has 162 valence electrons. The van der Waals surface area contributed by atoms with E-state index in [1.165, 1.54) is 49.5 Å². The summed E-state index contributed by atoms with van der Waals surface area (Å²) in [4.78, 5) is 38.2. The lowest BCUT2D eigenvalue weighted by atomic mass is 10.1. The molecule has 0 aliphatic carbocycles. The van der Waals surface area contributed by atoms with Crippen LogP contribution in [0.1, 0.15) is 36.6 Å². The van der Waals surface area contributed by atoms with Gasteiger partial charge < -0.3 is 5.32 Å². The molecule has 0 spiro atoms. The highest BCUT2D eigenvalue weighted by atomic mass is 32.2. The number of para-hydroxylation sites is 1. The zero-order valence-electron chi connectivity index (χ0n) is 17.2. The van der Waals surface area contributed by atoms with E-state index >= 15 is 0 Å². The van der Waals surface area contributed by atoms with Crippen LogP contribution < -0.4 is 10.0 Å². The van der Waals surface area contributed by atoms with E-state index in [1.54, 1.807) is 24.3 Å². The molecule has 2 N–H and O–H groups in total. The summed E-state index contributed by atoms with van der Waals surface area (Å²) in [6.45, 7) is 1.85. The zero-order chi connectivity index (χ0) is 23.0. The maximum absolute atomic E-state index is 12.9. The molecule has 0 saturated heterocycles. The van der Waals surface area contributed by atoms with E-state index in [9.17, 15) is 22.8 Å². The third-order valence-corrected chi connectivity index (χ3v) is 6.48. The number of hydrogen-bond donors (Lipinski definition) is 2. The predicted octanol–water partition coefficient (Wildman–Crippen LogP) is 3.27. The summed E-state index contributed by atoms with van der Waals surface area (Å²) in [5.41, 5.74) is 1.90. The van der Waals surface area contributed by atoms with E-state index in [0.717, 1.165) is 10.5 Å². The highest BCUT2D eigenvalue weighted by molar-refractivity contribution is 7.92. The molecule has 0 aromatic heterocycles. The fraction of sp³-hybridized carbons (Fsp3) is 0.0870. The molecule has 0 fully saturated rings. The van der Waals surface area contributed by atoms with Crippen LogP contribution in [0.25, 0.3) is 0 Å². The predicted molar refractivity (Wildman–Crippen MR) is 119 cm³/mol. The SMILES string of the molecule is Cc1ccc(S(=O)(=O)Nc2ccccc2C(=O)Nc2ccc3c(c2)C(=O)N(C)C3=O)cc1. The van der Waals surface area contributed by atoms with Crippen molar-refractivity contribution < 1.29 is 22.8 Å². The number of nitrogens with one attached hydrogen (secondary N) is 2. The maximum Gasteiger partial charge on any atom is 0.261 e. The van der Waals surface area contributed by atoms with Gasteiger partial charge >= 0.3 is 0 Å². The van der Waals surface area contributed by atoms with Crippen LogP contribution in [0.3, 0.4) is 0 Å². The summed E-state index contributed by atoms with van der Waals surface area (Å²) in [6, 6.07) is 16.9. The Morgan fingerprint density at radius 2 is 1.53 bits per heavy atom. The summed E-state index contributed by atoms with van der Waals surface area (Å²) < 4.78 is 28.0. The Morgan fingerprint density at radius 1 is 0.875 bits per heavy atom. The van der Waals surface area contributed by atoms with Gasteiger partial charge in [-0.1, -0.05) is 29.8 Å². The Labute approximate surface area is 184 Å². The largest absolute Gasteiger partial charge is 0.322 e. The maximum atomic E-state index is 12.9. The lowest BCUT2D eigenvalue weighted by Crippen LogP contribution is -2.24. The molecule has 0 saturated carbocycles. The number of fused-ring (bicyclic) bond motifs is 1. The number of aryl methyl sites for hydroxylation is 1. The van der Waals surface area contributed by atoms with Crippen molar-refractivity contribution in [3.05, 3.63) is 89.0 Å². The number of benzene rings is 3. The van der Waals surface area contributed by atoms with Crippen molar-refractivity contribution >= 4 is 39.1 Å². The molecule has 3 amide bonds. The first-order chi connectivity index (χ1) is 15.2. The van der Waals surface area contributed by atoms with Crippen LogP contribution in [0.2, 0.25) is 0 Å². The number of imide groups is 1. The number of carbonyl (C=O) groups excluding carboxylic acids is 3. The number of carbonyl (C=O) groups is 3. The van der Waals surface area contributed by atoms with Gasteiger partial charge in [0.1, 0.15) is 0 Å². The van der Waals surface area contributed by atoms with Gasteiger partial charge in [-0.3, -0.25) is 24.0 Å². The highest BCUT2D eigenvalue weighted by Crippen LogP contribution is 2.26. The minimum absolute atomic E-state index is 0.0734. The summed E-state index contributed by atoms with van der Waals surface area (Å²) >= 11 is 0. The second-order valence-corrected chi connectivity index (χ2v) is 9.03. The van der Waals surface area contributed by atoms with Crippen molar-refractivity contribution in [3.63, 3.8) is 0 Å². The van der Waals surface area contributed by atoms with Crippen molar-refractivity contribution in [3.8, 4) is 0 Å². The van der Waals surface area contributed by atoms with Crippen LogP contribution in [0, 0.1) is 6.92 Å². The fourth-order valence-corrected chi connectivity index (χ4v) is 4.41. The van der Waals surface area contributed by atoms with E-state index in [-0.39, 0.29) is 27.3 Å². The van der Waals surface area contributed by atoms with E-state index < -0.39 is 27.7 Å². The minimum atomic E-state index is -3.90. The molecule has 1 aliphatic rings. The highest BCUT2D eigenvalue weighted by Gasteiger charge is 2.32. The molecule has 9 heteroatoms. The molecule has 3 aromatic rings. The van der Waals surface area contributed by atoms with Crippen molar-refractivity contribution in [1.82, 2.24) is 4.90 Å². The quantitative estimate of drug-likeness (QED) is 0.581. The molecular formula is C23H19N3O5S. The summed E-state index contributed by atoms with van der Waals surface area (Å²) in [5.74, 6) is -1.43. The topological polar surface area (TPSA) is 113 Å². The van der Waals surface area contributed by atoms with Gasteiger partial charge in [-0.25, -0.2) is 8.42 Å². The average molecular weight is 449 g/mol. The monoisotopic (exact) mass is 449 g/mol. The Bertz CT molecular complexity index is 1360. The molecule has 3 aromatic carbocycles. The van der Waals surface area contributed by atoms with Crippen molar-refractivity contribution in [1.29, 1.82) is 0 Å². The van der Waals surface area contributed by atoms with E-state index in [4.69, 9.17) is 0 Å². The molecule has 1 heterocycles. The van der Waals surface area contributed by atoms with Gasteiger partial charge in [-0.15, -0.1) is 0 Å². The summed E-state index contributed by atoms with van der Waals surface area (Å²) in [7, 11) is -2.52. The summed E-state index contributed by atoms with van der Waals surface area (Å²) in [6.07, 6.45) is 0. The van der Waals surface area contributed by atoms with Crippen LogP contribution in [0.4, 0.5) is 11.4 Å². The van der Waals surface area contributed by atoms with Crippen LogP contribution in [-0.4, -0.2) is 38.1 Å². The third-order valence-electron chi connectivity index (χ3n) is 5.09. The lowest BCUT2D eigenvalue weighted by Gasteiger charge is -2.13. The van der Waals surface area contributed by atoms with Crippen LogP contribution in [0.15, 0.2) is 71.6 Å². The van der Waals surface area contributed by atoms with Gasteiger partial charge in [0.25, 0.3) is 27.7 Å². The first kappa shape index (κ1) is 21.3. The van der Waals surface area contributed by atoms with E-state index in [1.807, 2.05) is 6.92 Å². The van der Waals surface area contributed by atoms with E-state index in [0.29, 0.717) is 5.69 Å². The van der Waals surface area contributed by atoms with Gasteiger partial charge in [0.15, 0.2) is 0 Å². The first-order valence-corrected chi connectivity index (χ1v) is 11.1. The lowest BCUT2D eigenvalue weighted by molar-refractivity contribution is 0.0692. The van der Waals surface area contributed by atoms with Crippen LogP contribution >= 0.6 is 0 Å². The fourth-order valence-electron chi connectivity index (χ4n) is 3.33. The minimum Gasteiger partial charge on any atom is -0.322 e. The Morgan fingerprint density at radius 3 is 2.25 bits per heavy atom. The molecule has 0 unspecified atom stereocenters. The molecule has 0 bridgehead atoms. The average Bonchev–Trinajstić information content (AvgIpc) is 2.98. The molecule has 1 aliphatic heterocycles. The van der Waals surface area contributed by atoms with Gasteiger partial charge in [-0.2, -0.15) is 0 Å². The Balaban J connectivity index is 1.59. The number of hydrogen-bond acceptors (Lipinski definition) is 5. The van der Waals surface area contributed by atoms with Crippen LogP contribution in [-0.2, 0) is 10.0 Å². The van der Waals surface area contributed by atoms with Crippen molar-refractivity contribution in [2.24, 2.45) is 0 Å². The van der Waals surface area contributed by atoms with Gasteiger partial charge in [0.05, 0.1) is 27.3 Å². The number of nitrogens with zero attached hydrogens (tertiary/aromatic N) is 1. The van der Waals surface area contributed by atoms with Crippen molar-refractivity contribution in [2.75, 3.05) is 17.1 Å². The molecule has 0 atom stereocenters. The van der Waals surface area contributed by atoms with Crippen molar-refractivity contribution in [2.45, 2.75) is 11.8 Å². The zero-order valence-corrected chi connectivity index (χ0v) is 18.1. The molecule has 4 rings (SSSR count). The molecule has 32 heavy (non-hydrogen) atoms. The smallest absolute Gasteiger partial charge is 0.261 e. The molecule has 0 radical (unpaired) electrons. The summed E-state index contributed by atoms with van der Waals surface area (Å²) in [5, 5.41) is 2.66. The second-order valence-electron chi connectivity index (χ2n) is 7.35.